The topological polar surface area (TPSA) is 89.1 Å². The molecule has 3 heterocycles. The SMILES string of the molecule is O=C(Nc1cccc(-c2cn3ccnc3c(-n3cnc(-c4ccc(Cl)cc4)c3)n2)c1)Nc1ccc(F)c(Cl)c1. The molecule has 0 saturated heterocycles. The molecule has 0 radical (unpaired) electrons. The fraction of sp³-hybridized carbons (Fsp3) is 0. The molecule has 0 bridgehead atoms. The summed E-state index contributed by atoms with van der Waals surface area (Å²) in [6, 6.07) is 18.2. The van der Waals surface area contributed by atoms with Crippen molar-refractivity contribution in [3.05, 3.63) is 114 Å². The zero-order valence-corrected chi connectivity index (χ0v) is 21.5. The van der Waals surface area contributed by atoms with Crippen LogP contribution < -0.4 is 10.6 Å². The molecule has 2 amide bonds. The molecule has 0 spiro atoms. The van der Waals surface area contributed by atoms with Gasteiger partial charge in [0.15, 0.2) is 11.5 Å². The molecule has 3 aromatic heterocycles. The molecule has 39 heavy (non-hydrogen) atoms. The zero-order valence-electron chi connectivity index (χ0n) is 20.0. The predicted molar refractivity (Wildman–Crippen MR) is 150 cm³/mol. The minimum absolute atomic E-state index is 0.0789. The summed E-state index contributed by atoms with van der Waals surface area (Å²) in [6.07, 6.45) is 8.97. The third-order valence-electron chi connectivity index (χ3n) is 5.92. The number of hydrogen-bond donors (Lipinski definition) is 2. The van der Waals surface area contributed by atoms with Gasteiger partial charge in [0.25, 0.3) is 0 Å². The second kappa shape index (κ2) is 10.2. The van der Waals surface area contributed by atoms with E-state index in [-0.39, 0.29) is 5.02 Å². The Morgan fingerprint density at radius 3 is 2.44 bits per heavy atom. The molecule has 6 aromatic rings. The molecule has 0 fully saturated rings. The molecule has 11 heteroatoms. The van der Waals surface area contributed by atoms with Crippen molar-refractivity contribution >= 4 is 46.3 Å². The number of nitrogens with zero attached hydrogens (tertiary/aromatic N) is 5. The van der Waals surface area contributed by atoms with E-state index in [9.17, 15) is 9.18 Å². The number of fused-ring (bicyclic) bond motifs is 1. The molecule has 0 aliphatic rings. The summed E-state index contributed by atoms with van der Waals surface area (Å²) in [7, 11) is 0. The third-order valence-corrected chi connectivity index (χ3v) is 6.46. The number of rotatable bonds is 5. The van der Waals surface area contributed by atoms with Crippen LogP contribution in [-0.4, -0.2) is 30.0 Å². The van der Waals surface area contributed by atoms with Crippen LogP contribution in [0.2, 0.25) is 10.0 Å². The van der Waals surface area contributed by atoms with Crippen molar-refractivity contribution in [1.29, 1.82) is 0 Å². The number of benzene rings is 3. The van der Waals surface area contributed by atoms with E-state index in [0.29, 0.717) is 33.6 Å². The average Bonchev–Trinajstić information content (AvgIpc) is 3.61. The zero-order chi connectivity index (χ0) is 26.9. The van der Waals surface area contributed by atoms with Gasteiger partial charge in [-0.1, -0.05) is 47.5 Å². The molecule has 192 valence electrons. The predicted octanol–water partition coefficient (Wildman–Crippen LogP) is 7.34. The van der Waals surface area contributed by atoms with E-state index >= 15 is 0 Å². The van der Waals surface area contributed by atoms with Gasteiger partial charge in [-0.3, -0.25) is 4.57 Å². The average molecular weight is 558 g/mol. The van der Waals surface area contributed by atoms with Crippen LogP contribution in [-0.2, 0) is 0 Å². The van der Waals surface area contributed by atoms with Crippen LogP contribution in [0.15, 0.2) is 97.8 Å². The lowest BCUT2D eigenvalue weighted by molar-refractivity contribution is 0.262. The number of amides is 2. The van der Waals surface area contributed by atoms with Crippen molar-refractivity contribution in [2.45, 2.75) is 0 Å². The van der Waals surface area contributed by atoms with Crippen molar-refractivity contribution in [3.63, 3.8) is 0 Å². The van der Waals surface area contributed by atoms with Gasteiger partial charge < -0.3 is 15.0 Å². The van der Waals surface area contributed by atoms with Crippen molar-refractivity contribution < 1.29 is 9.18 Å². The third kappa shape index (κ3) is 5.18. The second-order valence-electron chi connectivity index (χ2n) is 8.57. The number of anilines is 2. The van der Waals surface area contributed by atoms with Crippen LogP contribution in [0.5, 0.6) is 0 Å². The van der Waals surface area contributed by atoms with Crippen molar-refractivity contribution in [2.24, 2.45) is 0 Å². The first-order chi connectivity index (χ1) is 18.9. The van der Waals surface area contributed by atoms with Gasteiger partial charge in [-0.25, -0.2) is 24.1 Å². The number of carbonyl (C=O) groups is 1. The molecule has 3 aromatic carbocycles. The number of urea groups is 1. The van der Waals surface area contributed by atoms with Crippen LogP contribution >= 0.6 is 23.2 Å². The van der Waals surface area contributed by atoms with E-state index in [4.69, 9.17) is 28.2 Å². The Morgan fingerprint density at radius 1 is 0.846 bits per heavy atom. The number of halogens is 3. The molecule has 0 unspecified atom stereocenters. The van der Waals surface area contributed by atoms with Crippen molar-refractivity contribution in [3.8, 4) is 28.3 Å². The fourth-order valence-electron chi connectivity index (χ4n) is 4.06. The first-order valence-electron chi connectivity index (χ1n) is 11.7. The highest BCUT2D eigenvalue weighted by Gasteiger charge is 2.14. The van der Waals surface area contributed by atoms with Crippen molar-refractivity contribution in [2.75, 3.05) is 10.6 Å². The van der Waals surface area contributed by atoms with Crippen LogP contribution in [0.4, 0.5) is 20.6 Å². The standard InChI is InChI=1S/C28H18Cl2FN7O/c29-19-6-4-17(5-7-19)24-14-38(16-33-24)27-26-32-10-11-37(26)15-25(36-27)18-2-1-3-20(12-18)34-28(39)35-21-8-9-23(31)22(30)13-21/h1-16H,(H2,34,35,39). The summed E-state index contributed by atoms with van der Waals surface area (Å²) in [5.41, 5.74) is 4.69. The summed E-state index contributed by atoms with van der Waals surface area (Å²) in [5, 5.41) is 6.00. The monoisotopic (exact) mass is 557 g/mol. The van der Waals surface area contributed by atoms with E-state index in [1.165, 1.54) is 18.2 Å². The molecular weight excluding hydrogens is 540 g/mol. The molecule has 0 aliphatic heterocycles. The first kappa shape index (κ1) is 24.6. The number of nitrogens with one attached hydrogen (secondary N) is 2. The maximum Gasteiger partial charge on any atom is 0.323 e. The minimum atomic E-state index is -0.561. The summed E-state index contributed by atoms with van der Waals surface area (Å²) >= 11 is 11.8. The Balaban J connectivity index is 1.29. The van der Waals surface area contributed by atoms with Gasteiger partial charge in [-0.05, 0) is 42.5 Å². The molecule has 0 saturated carbocycles. The van der Waals surface area contributed by atoms with E-state index in [1.807, 2.05) is 64.0 Å². The number of carbonyl (C=O) groups excluding carboxylic acids is 1. The van der Waals surface area contributed by atoms with Gasteiger partial charge in [0.2, 0.25) is 0 Å². The van der Waals surface area contributed by atoms with Gasteiger partial charge in [0, 0.05) is 52.3 Å². The second-order valence-corrected chi connectivity index (χ2v) is 9.41. The highest BCUT2D eigenvalue weighted by atomic mass is 35.5. The Hall–Kier alpha value is -4.73. The van der Waals surface area contributed by atoms with Crippen LogP contribution in [0.25, 0.3) is 34.0 Å². The lowest BCUT2D eigenvalue weighted by atomic mass is 10.1. The van der Waals surface area contributed by atoms with E-state index < -0.39 is 11.8 Å². The summed E-state index contributed by atoms with van der Waals surface area (Å²) in [4.78, 5) is 26.4. The molecular formula is C28H18Cl2FN7O. The van der Waals surface area contributed by atoms with E-state index in [1.54, 1.807) is 24.7 Å². The maximum absolute atomic E-state index is 13.4. The van der Waals surface area contributed by atoms with E-state index in [2.05, 4.69) is 20.6 Å². The van der Waals surface area contributed by atoms with Gasteiger partial charge in [0.1, 0.15) is 12.1 Å². The summed E-state index contributed by atoms with van der Waals surface area (Å²) in [5.74, 6) is 0.0310. The fourth-order valence-corrected chi connectivity index (χ4v) is 4.37. The largest absolute Gasteiger partial charge is 0.323 e. The highest BCUT2D eigenvalue weighted by Crippen LogP contribution is 2.26. The molecule has 0 aliphatic carbocycles. The Kier molecular flexibility index (Phi) is 6.44. The first-order valence-corrected chi connectivity index (χ1v) is 12.5. The summed E-state index contributed by atoms with van der Waals surface area (Å²) < 4.78 is 17.1. The van der Waals surface area contributed by atoms with Crippen LogP contribution in [0.1, 0.15) is 0 Å². The van der Waals surface area contributed by atoms with Crippen LogP contribution in [0, 0.1) is 5.82 Å². The summed E-state index contributed by atoms with van der Waals surface area (Å²) in [6.45, 7) is 0. The smallest absolute Gasteiger partial charge is 0.308 e. The highest BCUT2D eigenvalue weighted by molar-refractivity contribution is 6.31. The normalized spacial score (nSPS) is 11.1. The van der Waals surface area contributed by atoms with E-state index in [0.717, 1.165) is 16.8 Å². The molecule has 2 N–H and O–H groups in total. The lowest BCUT2D eigenvalue weighted by Gasteiger charge is -2.11. The molecule has 0 atom stereocenters. The van der Waals surface area contributed by atoms with Gasteiger partial charge in [0.05, 0.1) is 16.4 Å². The van der Waals surface area contributed by atoms with Crippen LogP contribution in [0.3, 0.4) is 0 Å². The van der Waals surface area contributed by atoms with Gasteiger partial charge in [-0.15, -0.1) is 0 Å². The Bertz CT molecular complexity index is 1830. The molecule has 8 nitrogen and oxygen atoms in total. The maximum atomic E-state index is 13.4. The lowest BCUT2D eigenvalue weighted by Crippen LogP contribution is -2.19. The minimum Gasteiger partial charge on any atom is -0.308 e. The Morgan fingerprint density at radius 2 is 1.64 bits per heavy atom. The number of hydrogen-bond acceptors (Lipinski definition) is 4. The molecule has 6 rings (SSSR count). The number of imidazole rings is 2. The number of aromatic nitrogens is 5. The quantitative estimate of drug-likeness (QED) is 0.232. The Labute approximate surface area is 231 Å². The van der Waals surface area contributed by atoms with Gasteiger partial charge >= 0.3 is 6.03 Å². The van der Waals surface area contributed by atoms with Gasteiger partial charge in [-0.2, -0.15) is 0 Å². The van der Waals surface area contributed by atoms with Crippen molar-refractivity contribution in [1.82, 2.24) is 23.9 Å².